The van der Waals surface area contributed by atoms with E-state index in [1.54, 1.807) is 31.2 Å². The highest BCUT2D eigenvalue weighted by Gasteiger charge is 2.56. The summed E-state index contributed by atoms with van der Waals surface area (Å²) in [6.45, 7) is 1.64. The van der Waals surface area contributed by atoms with Crippen LogP contribution in [0.15, 0.2) is 113 Å². The SMILES string of the molecule is COc1cc(C=CC2C3=CCC4C(=O)N(c5ccc(Nc6ccccc6)cc5)C(=O)C4C3CC3=C2C(=O)C(C)=CC3=O)ccc1O. The highest BCUT2D eigenvalue weighted by atomic mass is 16.5. The minimum atomic E-state index is -0.650. The summed E-state index contributed by atoms with van der Waals surface area (Å²) in [7, 11) is 1.47. The Bertz CT molecular complexity index is 1920. The van der Waals surface area contributed by atoms with Gasteiger partial charge in [-0.1, -0.05) is 48.1 Å². The Kier molecular flexibility index (Phi) is 7.28. The smallest absolute Gasteiger partial charge is 0.238 e. The van der Waals surface area contributed by atoms with Crippen LogP contribution in [0.1, 0.15) is 25.3 Å². The molecule has 1 heterocycles. The first-order valence-corrected chi connectivity index (χ1v) is 15.3. The third kappa shape index (κ3) is 4.86. The van der Waals surface area contributed by atoms with Gasteiger partial charge in [0.05, 0.1) is 24.6 Å². The van der Waals surface area contributed by atoms with Gasteiger partial charge in [0.1, 0.15) is 0 Å². The molecule has 0 radical (unpaired) electrons. The molecule has 1 saturated heterocycles. The molecular formula is C38H32N2O6. The number of anilines is 3. The van der Waals surface area contributed by atoms with Gasteiger partial charge in [-0.25, -0.2) is 0 Å². The van der Waals surface area contributed by atoms with Crippen LogP contribution in [0, 0.1) is 23.7 Å². The van der Waals surface area contributed by atoms with E-state index in [0.29, 0.717) is 34.6 Å². The van der Waals surface area contributed by atoms with Gasteiger partial charge in [0, 0.05) is 34.0 Å². The van der Waals surface area contributed by atoms with Crippen molar-refractivity contribution in [2.45, 2.75) is 19.8 Å². The van der Waals surface area contributed by atoms with E-state index in [-0.39, 0.29) is 35.6 Å². The van der Waals surface area contributed by atoms with Gasteiger partial charge in [-0.15, -0.1) is 0 Å². The van der Waals surface area contributed by atoms with Crippen molar-refractivity contribution >= 4 is 46.5 Å². The van der Waals surface area contributed by atoms with Crippen LogP contribution in [-0.4, -0.2) is 35.6 Å². The fraction of sp³-hybridized carbons (Fsp3) is 0.211. The number of aromatic hydroxyl groups is 1. The number of allylic oxidation sites excluding steroid dienone is 7. The fourth-order valence-corrected chi connectivity index (χ4v) is 7.28. The lowest BCUT2D eigenvalue weighted by Crippen LogP contribution is -2.40. The van der Waals surface area contributed by atoms with E-state index >= 15 is 0 Å². The topological polar surface area (TPSA) is 113 Å². The molecule has 2 amide bonds. The molecule has 1 fully saturated rings. The zero-order valence-electron chi connectivity index (χ0n) is 25.4. The molecule has 3 aromatic carbocycles. The standard InChI is InChI=1S/C38H32N2O6/c1-21-18-32(42)30-20-29-26(27(34(30)36(21)43)14-8-22-9-17-31(41)33(19-22)46-2)15-16-28-35(29)38(45)40(37(28)44)25-12-10-24(11-13-25)39-23-6-4-3-5-7-23/h3-15,17-19,27-29,35,39,41H,16,20H2,1-2H3. The Morgan fingerprint density at radius 2 is 1.65 bits per heavy atom. The van der Waals surface area contributed by atoms with Gasteiger partial charge in [-0.3, -0.25) is 24.1 Å². The van der Waals surface area contributed by atoms with Gasteiger partial charge in [0.25, 0.3) is 0 Å². The molecule has 7 rings (SSSR count). The zero-order valence-corrected chi connectivity index (χ0v) is 25.4. The summed E-state index contributed by atoms with van der Waals surface area (Å²) in [4.78, 5) is 56.1. The van der Waals surface area contributed by atoms with Crippen molar-refractivity contribution in [3.63, 3.8) is 0 Å². The van der Waals surface area contributed by atoms with Crippen LogP contribution in [0.2, 0.25) is 0 Å². The summed E-state index contributed by atoms with van der Waals surface area (Å²) in [5.74, 6) is -2.79. The number of phenols is 1. The Labute approximate surface area is 266 Å². The predicted molar refractivity (Wildman–Crippen MR) is 174 cm³/mol. The van der Waals surface area contributed by atoms with Gasteiger partial charge in [0.15, 0.2) is 23.1 Å². The van der Waals surface area contributed by atoms with Gasteiger partial charge >= 0.3 is 0 Å². The van der Waals surface area contributed by atoms with E-state index in [2.05, 4.69) is 5.32 Å². The molecule has 0 aromatic heterocycles. The molecule has 4 unspecified atom stereocenters. The minimum Gasteiger partial charge on any atom is -0.504 e. The highest BCUT2D eigenvalue weighted by Crippen LogP contribution is 2.53. The molecule has 1 aliphatic heterocycles. The molecule has 46 heavy (non-hydrogen) atoms. The van der Waals surface area contributed by atoms with Crippen LogP contribution in [0.4, 0.5) is 17.1 Å². The number of phenolic OH excluding ortho intramolecular Hbond substituents is 1. The number of methoxy groups -OCH3 is 1. The van der Waals surface area contributed by atoms with E-state index in [4.69, 9.17) is 4.74 Å². The first-order valence-electron chi connectivity index (χ1n) is 15.3. The van der Waals surface area contributed by atoms with E-state index in [1.165, 1.54) is 24.2 Å². The average molecular weight is 613 g/mol. The highest BCUT2D eigenvalue weighted by molar-refractivity contribution is 6.24. The Hall–Kier alpha value is -5.50. The van der Waals surface area contributed by atoms with Crippen molar-refractivity contribution in [1.29, 1.82) is 0 Å². The molecule has 4 atom stereocenters. The number of para-hydroxylation sites is 1. The molecule has 230 valence electrons. The maximum Gasteiger partial charge on any atom is 0.238 e. The van der Waals surface area contributed by atoms with Crippen LogP contribution < -0.4 is 15.0 Å². The Balaban J connectivity index is 1.22. The van der Waals surface area contributed by atoms with Crippen LogP contribution in [0.25, 0.3) is 6.08 Å². The van der Waals surface area contributed by atoms with Crippen molar-refractivity contribution in [2.75, 3.05) is 17.3 Å². The third-order valence-corrected chi connectivity index (χ3v) is 9.49. The second-order valence-corrected chi connectivity index (χ2v) is 12.1. The lowest BCUT2D eigenvalue weighted by molar-refractivity contribution is -0.123. The molecular weight excluding hydrogens is 580 g/mol. The number of ether oxygens (including phenoxy) is 1. The van der Waals surface area contributed by atoms with Crippen molar-refractivity contribution in [2.24, 2.45) is 23.7 Å². The normalized spacial score (nSPS) is 24.0. The summed E-state index contributed by atoms with van der Waals surface area (Å²) in [6, 6.07) is 21.9. The fourth-order valence-electron chi connectivity index (χ4n) is 7.28. The molecule has 0 saturated carbocycles. The number of carbonyl (C=O) groups excluding carboxylic acids is 4. The molecule has 4 aliphatic rings. The molecule has 3 aromatic rings. The number of nitrogens with one attached hydrogen (secondary N) is 1. The Morgan fingerprint density at radius 1 is 0.913 bits per heavy atom. The quantitative estimate of drug-likeness (QED) is 0.190. The number of hydrogen-bond donors (Lipinski definition) is 2. The number of carbonyl (C=O) groups is 4. The van der Waals surface area contributed by atoms with Gasteiger partial charge < -0.3 is 15.2 Å². The van der Waals surface area contributed by atoms with Crippen molar-refractivity contribution < 1.29 is 29.0 Å². The van der Waals surface area contributed by atoms with Gasteiger partial charge in [-0.2, -0.15) is 0 Å². The number of imide groups is 1. The maximum atomic E-state index is 14.2. The Morgan fingerprint density at radius 3 is 2.39 bits per heavy atom. The van der Waals surface area contributed by atoms with Gasteiger partial charge in [0.2, 0.25) is 11.8 Å². The molecule has 8 heteroatoms. The molecule has 0 bridgehead atoms. The van der Waals surface area contributed by atoms with E-state index in [1.807, 2.05) is 60.7 Å². The number of nitrogens with zero attached hydrogens (tertiary/aromatic N) is 1. The number of hydrogen-bond acceptors (Lipinski definition) is 7. The van der Waals surface area contributed by atoms with Crippen molar-refractivity contribution in [3.05, 3.63) is 119 Å². The van der Waals surface area contributed by atoms with Crippen LogP contribution >= 0.6 is 0 Å². The second-order valence-electron chi connectivity index (χ2n) is 12.1. The summed E-state index contributed by atoms with van der Waals surface area (Å²) < 4.78 is 5.25. The van der Waals surface area contributed by atoms with E-state index < -0.39 is 23.7 Å². The van der Waals surface area contributed by atoms with Crippen molar-refractivity contribution in [3.8, 4) is 11.5 Å². The molecule has 3 aliphatic carbocycles. The molecule has 0 spiro atoms. The monoisotopic (exact) mass is 612 g/mol. The van der Waals surface area contributed by atoms with Crippen LogP contribution in [0.3, 0.4) is 0 Å². The number of benzene rings is 3. The molecule has 8 nitrogen and oxygen atoms in total. The maximum absolute atomic E-state index is 14.2. The summed E-state index contributed by atoms with van der Waals surface area (Å²) in [5, 5.41) is 13.4. The third-order valence-electron chi connectivity index (χ3n) is 9.49. The second kappa shape index (κ2) is 11.5. The minimum absolute atomic E-state index is 0.00767. The summed E-state index contributed by atoms with van der Waals surface area (Å²) in [6.07, 6.45) is 7.66. The number of amides is 2. The first kappa shape index (κ1) is 29.2. The average Bonchev–Trinajstić information content (AvgIpc) is 3.32. The largest absolute Gasteiger partial charge is 0.504 e. The lowest BCUT2D eigenvalue weighted by atomic mass is 9.60. The number of rotatable bonds is 6. The van der Waals surface area contributed by atoms with E-state index in [9.17, 15) is 24.3 Å². The number of fused-ring (bicyclic) bond motifs is 3. The number of ketones is 2. The summed E-state index contributed by atoms with van der Waals surface area (Å²) in [5.41, 5.74) is 5.08. The number of Topliss-reactive ketones (excluding diaryl/α,β-unsaturated/α-hetero) is 1. The first-order chi connectivity index (χ1) is 22.2. The zero-order chi connectivity index (χ0) is 32.1. The van der Waals surface area contributed by atoms with Crippen LogP contribution in [0.5, 0.6) is 11.5 Å². The molecule has 2 N–H and O–H groups in total. The summed E-state index contributed by atoms with van der Waals surface area (Å²) >= 11 is 0. The van der Waals surface area contributed by atoms with E-state index in [0.717, 1.165) is 22.5 Å². The van der Waals surface area contributed by atoms with Gasteiger partial charge in [-0.05, 0) is 85.9 Å². The lowest BCUT2D eigenvalue weighted by Gasteiger charge is -2.41. The van der Waals surface area contributed by atoms with Crippen LogP contribution in [-0.2, 0) is 19.2 Å². The predicted octanol–water partition coefficient (Wildman–Crippen LogP) is 6.32. The van der Waals surface area contributed by atoms with Crippen molar-refractivity contribution in [1.82, 2.24) is 0 Å².